The van der Waals surface area contributed by atoms with Crippen LogP contribution in [-0.4, -0.2) is 18.6 Å². The Kier molecular flexibility index (Phi) is 3.76. The third kappa shape index (κ3) is 2.72. The molecule has 0 bridgehead atoms. The lowest BCUT2D eigenvalue weighted by molar-refractivity contribution is -0.135. The molecular formula is C13H14O2S. The van der Waals surface area contributed by atoms with Gasteiger partial charge in [0.1, 0.15) is 5.76 Å². The van der Waals surface area contributed by atoms with Crippen molar-refractivity contribution in [1.82, 2.24) is 0 Å². The minimum absolute atomic E-state index is 0.484. The lowest BCUT2D eigenvalue weighted by atomic mass is 10.2. The first-order valence-corrected chi connectivity index (χ1v) is 6.55. The number of hydrogen-bond donors (Lipinski definition) is 0. The van der Waals surface area contributed by atoms with Crippen LogP contribution in [0.1, 0.15) is 12.8 Å². The van der Waals surface area contributed by atoms with Gasteiger partial charge < -0.3 is 9.47 Å². The summed E-state index contributed by atoms with van der Waals surface area (Å²) < 4.78 is 11.3. The molecule has 3 heteroatoms. The van der Waals surface area contributed by atoms with Gasteiger partial charge in [0.25, 0.3) is 0 Å². The highest BCUT2D eigenvalue weighted by Crippen LogP contribution is 2.35. The Hall–Kier alpha value is -1.11. The maximum atomic E-state index is 5.71. The average molecular weight is 234 g/mol. The summed E-state index contributed by atoms with van der Waals surface area (Å²) in [6.45, 7) is 0.778. The molecule has 1 fully saturated rings. The maximum absolute atomic E-state index is 5.71. The molecule has 1 saturated heterocycles. The molecule has 2 aliphatic heterocycles. The van der Waals surface area contributed by atoms with E-state index in [1.54, 1.807) is 17.8 Å². The number of thioether (sulfide) groups is 1. The molecule has 84 valence electrons. The van der Waals surface area contributed by atoms with Crippen molar-refractivity contribution < 1.29 is 9.47 Å². The molecule has 0 N–H and O–H groups in total. The van der Waals surface area contributed by atoms with E-state index in [-0.39, 0.29) is 0 Å². The van der Waals surface area contributed by atoms with Crippen molar-refractivity contribution in [2.24, 2.45) is 0 Å². The first-order chi connectivity index (χ1) is 7.85. The minimum Gasteiger partial charge on any atom is -0.458 e. The van der Waals surface area contributed by atoms with Gasteiger partial charge in [-0.1, -0.05) is 11.8 Å². The molecule has 1 spiro atoms. The highest BCUT2D eigenvalue weighted by atomic mass is 32.2. The molecule has 2 heterocycles. The van der Waals surface area contributed by atoms with Gasteiger partial charge in [0.15, 0.2) is 0 Å². The van der Waals surface area contributed by atoms with Gasteiger partial charge in [-0.15, -0.1) is 11.8 Å². The Balaban J connectivity index is 1.93. The second kappa shape index (κ2) is 5.29. The number of hydrogen-bond acceptors (Lipinski definition) is 3. The molecule has 0 saturated carbocycles. The molecule has 0 aromatic rings. The molecule has 0 aromatic heterocycles. The smallest absolute Gasteiger partial charge is 0.230 e. The summed E-state index contributed by atoms with van der Waals surface area (Å²) in [5, 5.41) is 1.94. The van der Waals surface area contributed by atoms with Crippen molar-refractivity contribution in [3.8, 4) is 11.8 Å². The lowest BCUT2D eigenvalue weighted by Gasteiger charge is -2.20. The first kappa shape index (κ1) is 11.4. The van der Waals surface area contributed by atoms with E-state index in [2.05, 4.69) is 11.8 Å². The van der Waals surface area contributed by atoms with E-state index in [0.29, 0.717) is 0 Å². The van der Waals surface area contributed by atoms with Crippen LogP contribution < -0.4 is 0 Å². The quantitative estimate of drug-likeness (QED) is 0.650. The van der Waals surface area contributed by atoms with Gasteiger partial charge in [-0.3, -0.25) is 0 Å². The minimum atomic E-state index is -0.484. The molecule has 0 unspecified atom stereocenters. The topological polar surface area (TPSA) is 18.5 Å². The van der Waals surface area contributed by atoms with Crippen molar-refractivity contribution in [3.63, 3.8) is 0 Å². The van der Waals surface area contributed by atoms with Crippen LogP contribution in [-0.2, 0) is 9.47 Å². The van der Waals surface area contributed by atoms with Crippen LogP contribution in [0.5, 0.6) is 0 Å². The summed E-state index contributed by atoms with van der Waals surface area (Å²) >= 11 is 1.63. The zero-order valence-electron chi connectivity index (χ0n) is 9.23. The third-order valence-electron chi connectivity index (χ3n) is 2.39. The average Bonchev–Trinajstić information content (AvgIpc) is 2.90. The van der Waals surface area contributed by atoms with E-state index in [1.165, 1.54) is 0 Å². The molecule has 0 amide bonds. The predicted molar refractivity (Wildman–Crippen MR) is 66.7 cm³/mol. The monoisotopic (exact) mass is 234 g/mol. The van der Waals surface area contributed by atoms with Crippen LogP contribution in [0, 0.1) is 11.8 Å². The largest absolute Gasteiger partial charge is 0.458 e. The fourth-order valence-electron chi connectivity index (χ4n) is 1.66. The van der Waals surface area contributed by atoms with E-state index >= 15 is 0 Å². The Morgan fingerprint density at radius 1 is 1.50 bits per heavy atom. The van der Waals surface area contributed by atoms with Crippen LogP contribution in [0.2, 0.25) is 0 Å². The second-order valence-electron chi connectivity index (χ2n) is 3.57. The molecule has 2 rings (SSSR count). The number of ether oxygens (including phenoxy) is 2. The Bertz CT molecular complexity index is 390. The van der Waals surface area contributed by atoms with Crippen LogP contribution in [0.15, 0.2) is 35.5 Å². The molecule has 16 heavy (non-hydrogen) atoms. The van der Waals surface area contributed by atoms with Crippen molar-refractivity contribution in [2.45, 2.75) is 18.6 Å². The fourth-order valence-corrected chi connectivity index (χ4v) is 1.87. The van der Waals surface area contributed by atoms with E-state index < -0.39 is 5.79 Å². The van der Waals surface area contributed by atoms with Crippen LogP contribution >= 0.6 is 11.8 Å². The maximum Gasteiger partial charge on any atom is 0.230 e. The van der Waals surface area contributed by atoms with E-state index in [4.69, 9.17) is 9.47 Å². The van der Waals surface area contributed by atoms with Gasteiger partial charge >= 0.3 is 0 Å². The van der Waals surface area contributed by atoms with Crippen molar-refractivity contribution in [1.29, 1.82) is 0 Å². The Morgan fingerprint density at radius 2 is 2.44 bits per heavy atom. The summed E-state index contributed by atoms with van der Waals surface area (Å²) in [5.41, 5.74) is 0. The SMILES string of the molecule is CS/C=C\C#C/C=C1/C=C[C@@]2(CCCO2)O1. The van der Waals surface area contributed by atoms with Gasteiger partial charge in [-0.05, 0) is 36.3 Å². The number of allylic oxidation sites excluding steroid dienone is 3. The van der Waals surface area contributed by atoms with Crippen LogP contribution in [0.25, 0.3) is 0 Å². The van der Waals surface area contributed by atoms with E-state index in [0.717, 1.165) is 25.2 Å². The third-order valence-corrected chi connectivity index (χ3v) is 2.80. The van der Waals surface area contributed by atoms with Crippen LogP contribution in [0.3, 0.4) is 0 Å². The van der Waals surface area contributed by atoms with Gasteiger partial charge in [-0.2, -0.15) is 0 Å². The predicted octanol–water partition coefficient (Wildman–Crippen LogP) is 2.84. The zero-order chi connectivity index (χ0) is 11.3. The van der Waals surface area contributed by atoms with Crippen LogP contribution in [0.4, 0.5) is 0 Å². The highest BCUT2D eigenvalue weighted by Gasteiger charge is 2.38. The van der Waals surface area contributed by atoms with Crippen molar-refractivity contribution in [3.05, 3.63) is 35.5 Å². The molecule has 0 aliphatic carbocycles. The first-order valence-electron chi connectivity index (χ1n) is 5.26. The van der Waals surface area contributed by atoms with Gasteiger partial charge in [-0.25, -0.2) is 0 Å². The van der Waals surface area contributed by atoms with Crippen molar-refractivity contribution >= 4 is 11.8 Å². The van der Waals surface area contributed by atoms with Gasteiger partial charge in [0, 0.05) is 12.5 Å². The second-order valence-corrected chi connectivity index (χ2v) is 4.32. The number of rotatable bonds is 1. The summed E-state index contributed by atoms with van der Waals surface area (Å²) in [4.78, 5) is 0. The lowest BCUT2D eigenvalue weighted by Crippen LogP contribution is -2.24. The molecule has 2 aliphatic rings. The summed E-state index contributed by atoms with van der Waals surface area (Å²) in [6, 6.07) is 0. The molecule has 1 atom stereocenters. The van der Waals surface area contributed by atoms with E-state index in [1.807, 2.05) is 29.9 Å². The van der Waals surface area contributed by atoms with E-state index in [9.17, 15) is 0 Å². The molecule has 2 nitrogen and oxygen atoms in total. The Morgan fingerprint density at radius 3 is 3.19 bits per heavy atom. The Labute approximate surface area is 100 Å². The van der Waals surface area contributed by atoms with Gasteiger partial charge in [0.05, 0.1) is 6.61 Å². The molecule has 0 radical (unpaired) electrons. The normalized spacial score (nSPS) is 29.9. The summed E-state index contributed by atoms with van der Waals surface area (Å²) in [7, 11) is 0. The van der Waals surface area contributed by atoms with Crippen molar-refractivity contribution in [2.75, 3.05) is 12.9 Å². The zero-order valence-corrected chi connectivity index (χ0v) is 10.0. The fraction of sp³-hybridized carbons (Fsp3) is 0.385. The summed E-state index contributed by atoms with van der Waals surface area (Å²) in [6.07, 6.45) is 11.5. The molecular weight excluding hydrogens is 220 g/mol. The summed E-state index contributed by atoms with van der Waals surface area (Å²) in [5.74, 6) is 6.13. The molecule has 0 aromatic carbocycles. The highest BCUT2D eigenvalue weighted by molar-refractivity contribution is 8.01. The standard InChI is InChI=1S/C13H14O2S/c1-16-11-4-2-3-6-12-7-9-13(15-12)8-5-10-14-13/h4,6-7,9,11H,5,8,10H2,1H3/b11-4-,12-6-/t13-/m1/s1. The van der Waals surface area contributed by atoms with Gasteiger partial charge in [0.2, 0.25) is 5.79 Å².